The van der Waals surface area contributed by atoms with Crippen molar-refractivity contribution in [3.63, 3.8) is 0 Å². The van der Waals surface area contributed by atoms with E-state index in [2.05, 4.69) is 10.6 Å². The first kappa shape index (κ1) is 24.4. The van der Waals surface area contributed by atoms with Gasteiger partial charge in [0.05, 0.1) is 0 Å². The lowest BCUT2D eigenvalue weighted by Crippen LogP contribution is -2.56. The zero-order valence-electron chi connectivity index (χ0n) is 20.6. The number of nitrogens with one attached hydrogen (secondary N) is 2. The van der Waals surface area contributed by atoms with Crippen LogP contribution in [0, 0.1) is 46.3 Å². The Morgan fingerprint density at radius 3 is 1.57 bits per heavy atom. The maximum absolute atomic E-state index is 13.2. The predicted molar refractivity (Wildman–Crippen MR) is 139 cm³/mol. The lowest BCUT2D eigenvalue weighted by Gasteiger charge is -2.55. The maximum Gasteiger partial charge on any atom is 0.327 e. The summed E-state index contributed by atoms with van der Waals surface area (Å²) in [6.07, 6.45) is 13.9. The Balaban J connectivity index is 0.930. The normalized spacial score (nSPS) is 43.2. The molecule has 8 heteroatoms. The highest BCUT2D eigenvalue weighted by atomic mass is 33.1. The summed E-state index contributed by atoms with van der Waals surface area (Å²) in [5.74, 6) is 4.66. The number of hydrogen-bond donors (Lipinski definition) is 3. The molecule has 194 valence electrons. The molecule has 8 aliphatic rings. The van der Waals surface area contributed by atoms with Crippen LogP contribution in [-0.4, -0.2) is 47.0 Å². The number of aliphatic carboxylic acids is 1. The van der Waals surface area contributed by atoms with E-state index >= 15 is 0 Å². The highest BCUT2D eigenvalue weighted by Crippen LogP contribution is 2.61. The summed E-state index contributed by atoms with van der Waals surface area (Å²) in [4.78, 5) is 38.2. The quantitative estimate of drug-likeness (QED) is 0.290. The van der Waals surface area contributed by atoms with Crippen molar-refractivity contribution in [3.8, 4) is 0 Å². The molecule has 0 radical (unpaired) electrons. The van der Waals surface area contributed by atoms with Gasteiger partial charge in [0.25, 0.3) is 0 Å². The van der Waals surface area contributed by atoms with Gasteiger partial charge in [0, 0.05) is 28.9 Å². The van der Waals surface area contributed by atoms with E-state index in [9.17, 15) is 19.5 Å². The van der Waals surface area contributed by atoms with Gasteiger partial charge in [-0.1, -0.05) is 21.6 Å². The van der Waals surface area contributed by atoms with Crippen molar-refractivity contribution < 1.29 is 19.5 Å². The van der Waals surface area contributed by atoms with E-state index in [1.165, 1.54) is 49.3 Å². The lowest BCUT2D eigenvalue weighted by atomic mass is 9.49. The van der Waals surface area contributed by atoms with Crippen molar-refractivity contribution >= 4 is 39.4 Å². The Kier molecular flexibility index (Phi) is 6.60. The molecule has 0 heterocycles. The van der Waals surface area contributed by atoms with E-state index in [0.29, 0.717) is 30.1 Å². The summed E-state index contributed by atoms with van der Waals surface area (Å²) in [7, 11) is 3.08. The van der Waals surface area contributed by atoms with Crippen LogP contribution in [0.25, 0.3) is 0 Å². The van der Waals surface area contributed by atoms with E-state index in [1.807, 2.05) is 0 Å². The van der Waals surface area contributed by atoms with E-state index in [4.69, 9.17) is 0 Å². The van der Waals surface area contributed by atoms with Gasteiger partial charge in [-0.15, -0.1) is 0 Å². The molecule has 0 aliphatic heterocycles. The number of carbonyl (C=O) groups is 3. The van der Waals surface area contributed by atoms with Crippen LogP contribution in [0.3, 0.4) is 0 Å². The molecule has 0 aromatic heterocycles. The number of carboxylic acids is 1. The van der Waals surface area contributed by atoms with E-state index < -0.39 is 12.0 Å². The van der Waals surface area contributed by atoms with Gasteiger partial charge in [-0.3, -0.25) is 9.59 Å². The molecule has 0 saturated heterocycles. The molecule has 3 N–H and O–H groups in total. The van der Waals surface area contributed by atoms with E-state index in [0.717, 1.165) is 62.0 Å². The minimum absolute atomic E-state index is 0.0163. The molecule has 6 nitrogen and oxygen atoms in total. The average molecular weight is 521 g/mol. The third kappa shape index (κ3) is 4.75. The SMILES string of the molecule is O=C(O)[C@H](CSSCCNC(=O)C12CC3CC(CC(C3)C1)C2)NC(=O)C12CC3CC(CC(C3)C1)C2. The minimum Gasteiger partial charge on any atom is -0.480 e. The molecule has 8 aliphatic carbocycles. The predicted octanol–water partition coefficient (Wildman–Crippen LogP) is 4.49. The fourth-order valence-electron chi connectivity index (χ4n) is 9.83. The molecule has 1 atom stereocenters. The first-order valence-electron chi connectivity index (χ1n) is 13.9. The van der Waals surface area contributed by atoms with Crippen molar-refractivity contribution in [2.24, 2.45) is 46.3 Å². The number of hydrogen-bond acceptors (Lipinski definition) is 5. The number of amides is 2. The Morgan fingerprint density at radius 2 is 1.14 bits per heavy atom. The Labute approximate surface area is 216 Å². The fourth-order valence-corrected chi connectivity index (χ4v) is 11.9. The fraction of sp³-hybridized carbons (Fsp3) is 0.889. The smallest absolute Gasteiger partial charge is 0.327 e. The summed E-state index contributed by atoms with van der Waals surface area (Å²) in [5.41, 5.74) is -0.426. The molecule has 0 spiro atoms. The zero-order valence-corrected chi connectivity index (χ0v) is 22.3. The Bertz CT molecular complexity index is 807. The van der Waals surface area contributed by atoms with Crippen molar-refractivity contribution in [1.82, 2.24) is 10.6 Å². The van der Waals surface area contributed by atoms with Crippen molar-refractivity contribution in [2.75, 3.05) is 18.1 Å². The van der Waals surface area contributed by atoms with Crippen LogP contribution < -0.4 is 10.6 Å². The van der Waals surface area contributed by atoms with Crippen LogP contribution in [0.2, 0.25) is 0 Å². The zero-order chi connectivity index (χ0) is 24.2. The third-order valence-corrected chi connectivity index (χ3v) is 12.8. The monoisotopic (exact) mass is 520 g/mol. The van der Waals surface area contributed by atoms with Gasteiger partial charge < -0.3 is 15.7 Å². The molecule has 0 unspecified atom stereocenters. The standard InChI is InChI=1S/C27H40N2O4S2/c30-23(31)22(29-25(33)27-12-19-6-20(13-27)8-21(7-19)14-27)15-35-34-2-1-28-24(32)26-9-16-3-17(10-26)5-18(4-16)11-26/h16-22H,1-15H2,(H,28,32)(H,29,33)(H,30,31)/t16?,17?,18?,19?,20?,21?,22-,26?,27?/m0/s1. The van der Waals surface area contributed by atoms with Gasteiger partial charge in [0.15, 0.2) is 0 Å². The van der Waals surface area contributed by atoms with Crippen molar-refractivity contribution in [1.29, 1.82) is 0 Å². The molecule has 8 rings (SSSR count). The molecular weight excluding hydrogens is 480 g/mol. The van der Waals surface area contributed by atoms with Crippen LogP contribution in [0.4, 0.5) is 0 Å². The average Bonchev–Trinajstić information content (AvgIpc) is 2.78. The van der Waals surface area contributed by atoms with Gasteiger partial charge in [0.1, 0.15) is 6.04 Å². The van der Waals surface area contributed by atoms with Gasteiger partial charge >= 0.3 is 5.97 Å². The molecule has 8 bridgehead atoms. The van der Waals surface area contributed by atoms with Gasteiger partial charge in [-0.05, 0) is 113 Å². The molecule has 8 saturated carbocycles. The van der Waals surface area contributed by atoms with Gasteiger partial charge in [-0.25, -0.2) is 4.79 Å². The van der Waals surface area contributed by atoms with Gasteiger partial charge in [-0.2, -0.15) is 0 Å². The number of carbonyl (C=O) groups excluding carboxylic acids is 2. The van der Waals surface area contributed by atoms with E-state index in [1.54, 1.807) is 10.8 Å². The van der Waals surface area contributed by atoms with Crippen LogP contribution in [0.1, 0.15) is 77.0 Å². The van der Waals surface area contributed by atoms with E-state index in [-0.39, 0.29) is 22.6 Å². The minimum atomic E-state index is -0.953. The van der Waals surface area contributed by atoms with Crippen LogP contribution in [0.5, 0.6) is 0 Å². The van der Waals surface area contributed by atoms with Crippen molar-refractivity contribution in [2.45, 2.75) is 83.1 Å². The highest BCUT2D eigenvalue weighted by Gasteiger charge is 2.56. The summed E-state index contributed by atoms with van der Waals surface area (Å²) in [6, 6.07) is -0.852. The maximum atomic E-state index is 13.2. The molecule has 8 fully saturated rings. The van der Waals surface area contributed by atoms with Crippen LogP contribution in [-0.2, 0) is 14.4 Å². The highest BCUT2D eigenvalue weighted by molar-refractivity contribution is 8.76. The summed E-state index contributed by atoms with van der Waals surface area (Å²) >= 11 is 0. The Hall–Kier alpha value is -0.890. The topological polar surface area (TPSA) is 95.5 Å². The first-order valence-corrected chi connectivity index (χ1v) is 16.4. The molecular formula is C27H40N2O4S2. The number of carboxylic acid groups (broad SMARTS) is 1. The number of rotatable bonds is 10. The summed E-state index contributed by atoms with van der Waals surface area (Å²) in [5, 5.41) is 15.8. The molecule has 35 heavy (non-hydrogen) atoms. The third-order valence-electron chi connectivity index (χ3n) is 10.4. The summed E-state index contributed by atoms with van der Waals surface area (Å²) < 4.78 is 0. The summed E-state index contributed by atoms with van der Waals surface area (Å²) in [6.45, 7) is 0.621. The second-order valence-corrected chi connectivity index (χ2v) is 15.7. The molecule has 0 aromatic rings. The van der Waals surface area contributed by atoms with Crippen LogP contribution in [0.15, 0.2) is 0 Å². The molecule has 0 aromatic carbocycles. The Morgan fingerprint density at radius 1 is 0.714 bits per heavy atom. The second kappa shape index (κ2) is 9.45. The van der Waals surface area contributed by atoms with Gasteiger partial charge in [0.2, 0.25) is 11.8 Å². The van der Waals surface area contributed by atoms with Crippen LogP contribution >= 0.6 is 21.6 Å². The molecule has 2 amide bonds. The lowest BCUT2D eigenvalue weighted by molar-refractivity contribution is -0.151. The second-order valence-electron chi connectivity index (χ2n) is 13.1. The van der Waals surface area contributed by atoms with Crippen molar-refractivity contribution in [3.05, 3.63) is 0 Å². The largest absolute Gasteiger partial charge is 0.480 e. The first-order chi connectivity index (χ1) is 16.8.